The average molecular weight is 385 g/mol. The molecule has 2 aliphatic rings. The third-order valence-electron chi connectivity index (χ3n) is 5.87. The summed E-state index contributed by atoms with van der Waals surface area (Å²) in [6, 6.07) is 13.9. The van der Waals surface area contributed by atoms with Crippen LogP contribution in [-0.2, 0) is 16.9 Å². The number of benzene rings is 2. The molecule has 2 bridgehead atoms. The summed E-state index contributed by atoms with van der Waals surface area (Å²) in [5, 5.41) is 11.2. The number of hydrogen-bond acceptors (Lipinski definition) is 4. The lowest BCUT2D eigenvalue weighted by Crippen LogP contribution is -2.52. The Kier molecular flexibility index (Phi) is 4.98. The second-order valence-electron chi connectivity index (χ2n) is 7.62. The molecule has 0 saturated carbocycles. The molecule has 1 amide bonds. The fourth-order valence-corrected chi connectivity index (χ4v) is 4.51. The van der Waals surface area contributed by atoms with Crippen molar-refractivity contribution in [3.63, 3.8) is 0 Å². The number of nitrogens with zero attached hydrogens (tertiary/aromatic N) is 1. The molecule has 0 radical (unpaired) electrons. The lowest BCUT2D eigenvalue weighted by Gasteiger charge is -2.43. The molecule has 0 spiro atoms. The van der Waals surface area contributed by atoms with Gasteiger partial charge in [0.2, 0.25) is 0 Å². The topological polar surface area (TPSA) is 59.0 Å². The van der Waals surface area contributed by atoms with Gasteiger partial charge < -0.3 is 19.5 Å². The summed E-state index contributed by atoms with van der Waals surface area (Å²) >= 11 is 0. The Balaban J connectivity index is 1.46. The molecule has 2 aliphatic heterocycles. The second-order valence-corrected chi connectivity index (χ2v) is 7.62. The number of piperidine rings is 1. The van der Waals surface area contributed by atoms with Gasteiger partial charge in [-0.25, -0.2) is 9.18 Å². The Morgan fingerprint density at radius 1 is 1.18 bits per heavy atom. The van der Waals surface area contributed by atoms with Gasteiger partial charge in [0.15, 0.2) is 11.6 Å². The molecule has 6 heteroatoms. The molecule has 0 aliphatic carbocycles. The van der Waals surface area contributed by atoms with Crippen molar-refractivity contribution >= 4 is 6.09 Å². The molecule has 28 heavy (non-hydrogen) atoms. The van der Waals surface area contributed by atoms with Crippen LogP contribution in [0.15, 0.2) is 48.5 Å². The Labute approximate surface area is 163 Å². The summed E-state index contributed by atoms with van der Waals surface area (Å²) in [5.74, 6) is -0.345. The third kappa shape index (κ3) is 3.44. The van der Waals surface area contributed by atoms with Crippen LogP contribution in [0.2, 0.25) is 0 Å². The van der Waals surface area contributed by atoms with Gasteiger partial charge in [0.1, 0.15) is 6.61 Å². The zero-order chi connectivity index (χ0) is 19.7. The van der Waals surface area contributed by atoms with Crippen molar-refractivity contribution in [1.29, 1.82) is 0 Å². The van der Waals surface area contributed by atoms with Gasteiger partial charge in [-0.3, -0.25) is 0 Å². The van der Waals surface area contributed by atoms with Crippen LogP contribution in [0.3, 0.4) is 0 Å². The highest BCUT2D eigenvalue weighted by Gasteiger charge is 2.50. The van der Waals surface area contributed by atoms with E-state index < -0.39 is 11.4 Å². The molecular formula is C22H24FNO4. The van der Waals surface area contributed by atoms with Crippen LogP contribution in [0, 0.1) is 5.82 Å². The molecule has 0 aromatic heterocycles. The molecule has 2 atom stereocenters. The van der Waals surface area contributed by atoms with Crippen LogP contribution in [0.4, 0.5) is 9.18 Å². The number of fused-ring (bicyclic) bond motifs is 2. The van der Waals surface area contributed by atoms with Gasteiger partial charge in [0.25, 0.3) is 0 Å². The van der Waals surface area contributed by atoms with Crippen molar-refractivity contribution in [2.45, 2.75) is 50.0 Å². The minimum atomic E-state index is -1.16. The summed E-state index contributed by atoms with van der Waals surface area (Å²) in [6.45, 7) is 0.226. The zero-order valence-electron chi connectivity index (χ0n) is 15.8. The molecule has 2 saturated heterocycles. The lowest BCUT2D eigenvalue weighted by atomic mass is 9.80. The zero-order valence-corrected chi connectivity index (χ0v) is 15.8. The maximum atomic E-state index is 14.1. The number of methoxy groups -OCH3 is 1. The Morgan fingerprint density at radius 3 is 2.46 bits per heavy atom. The predicted molar refractivity (Wildman–Crippen MR) is 101 cm³/mol. The van der Waals surface area contributed by atoms with E-state index >= 15 is 0 Å². The third-order valence-corrected chi connectivity index (χ3v) is 5.87. The Morgan fingerprint density at radius 2 is 1.86 bits per heavy atom. The van der Waals surface area contributed by atoms with Crippen LogP contribution in [0.1, 0.15) is 36.8 Å². The molecule has 2 fully saturated rings. The van der Waals surface area contributed by atoms with E-state index in [1.54, 1.807) is 11.0 Å². The minimum Gasteiger partial charge on any atom is -0.494 e. The average Bonchev–Trinajstić information content (AvgIpc) is 2.99. The lowest BCUT2D eigenvalue weighted by molar-refractivity contribution is -0.0538. The molecule has 2 aromatic rings. The number of hydrogen-bond donors (Lipinski definition) is 1. The molecule has 2 aromatic carbocycles. The van der Waals surface area contributed by atoms with Gasteiger partial charge in [-0.15, -0.1) is 0 Å². The monoisotopic (exact) mass is 385 g/mol. The van der Waals surface area contributed by atoms with Gasteiger partial charge in [-0.1, -0.05) is 36.4 Å². The first kappa shape index (κ1) is 18.7. The number of carbonyl (C=O) groups excluding carboxylic acids is 1. The van der Waals surface area contributed by atoms with Crippen LogP contribution >= 0.6 is 0 Å². The molecule has 4 rings (SSSR count). The van der Waals surface area contributed by atoms with Crippen molar-refractivity contribution < 1.29 is 23.8 Å². The summed E-state index contributed by atoms with van der Waals surface area (Å²) in [6.07, 6.45) is 2.02. The highest BCUT2D eigenvalue weighted by atomic mass is 19.1. The second kappa shape index (κ2) is 7.43. The van der Waals surface area contributed by atoms with Crippen LogP contribution in [0.5, 0.6) is 5.75 Å². The molecular weight excluding hydrogens is 361 g/mol. The standard InChI is InChI=1S/C22H24FNO4/c1-27-20-10-7-16(11-19(20)23)22(26)12-17-8-9-18(13-22)24(17)21(25)28-14-15-5-3-2-4-6-15/h2-7,10-11,17-18,26H,8-9,12-14H2,1H3. The Bertz CT molecular complexity index is 843. The first-order chi connectivity index (χ1) is 13.5. The SMILES string of the molecule is COc1ccc(C2(O)CC3CCC(C2)N3C(=O)OCc2ccccc2)cc1F. The summed E-state index contributed by atoms with van der Waals surface area (Å²) in [7, 11) is 1.41. The maximum absolute atomic E-state index is 14.1. The van der Waals surface area contributed by atoms with Crippen LogP contribution in [-0.4, -0.2) is 35.3 Å². The number of aliphatic hydroxyl groups is 1. The first-order valence-electron chi connectivity index (χ1n) is 9.55. The number of amides is 1. The molecule has 2 unspecified atom stereocenters. The largest absolute Gasteiger partial charge is 0.494 e. The van der Waals surface area contributed by atoms with E-state index in [2.05, 4.69) is 0 Å². The number of halogens is 1. The van der Waals surface area contributed by atoms with Gasteiger partial charge in [-0.05, 0) is 36.1 Å². The number of ether oxygens (including phenoxy) is 2. The maximum Gasteiger partial charge on any atom is 0.410 e. The van der Waals surface area contributed by atoms with Gasteiger partial charge in [0, 0.05) is 24.9 Å². The van der Waals surface area contributed by atoms with Crippen molar-refractivity contribution in [3.05, 3.63) is 65.5 Å². The van der Waals surface area contributed by atoms with Crippen molar-refractivity contribution in [1.82, 2.24) is 4.90 Å². The van der Waals surface area contributed by atoms with E-state index in [9.17, 15) is 14.3 Å². The highest BCUT2D eigenvalue weighted by molar-refractivity contribution is 5.69. The smallest absolute Gasteiger partial charge is 0.410 e. The van der Waals surface area contributed by atoms with Crippen molar-refractivity contribution in [2.75, 3.05) is 7.11 Å². The normalized spacial score (nSPS) is 26.2. The molecule has 2 heterocycles. The van der Waals surface area contributed by atoms with E-state index in [0.717, 1.165) is 18.4 Å². The number of carbonyl (C=O) groups is 1. The summed E-state index contributed by atoms with van der Waals surface area (Å²) in [4.78, 5) is 14.4. The predicted octanol–water partition coefficient (Wildman–Crippen LogP) is 3.99. The fourth-order valence-electron chi connectivity index (χ4n) is 4.51. The molecule has 5 nitrogen and oxygen atoms in total. The summed E-state index contributed by atoms with van der Waals surface area (Å²) < 4.78 is 24.6. The van der Waals surface area contributed by atoms with Crippen molar-refractivity contribution in [2.24, 2.45) is 0 Å². The number of rotatable bonds is 4. The quantitative estimate of drug-likeness (QED) is 0.865. The van der Waals surface area contributed by atoms with Gasteiger partial charge in [-0.2, -0.15) is 0 Å². The highest BCUT2D eigenvalue weighted by Crippen LogP contribution is 2.46. The van der Waals surface area contributed by atoms with Gasteiger partial charge in [0.05, 0.1) is 12.7 Å². The van der Waals surface area contributed by atoms with Crippen LogP contribution in [0.25, 0.3) is 0 Å². The fraction of sp³-hybridized carbons (Fsp3) is 0.409. The molecule has 1 N–H and O–H groups in total. The van der Waals surface area contributed by atoms with E-state index in [4.69, 9.17) is 9.47 Å². The van der Waals surface area contributed by atoms with Gasteiger partial charge >= 0.3 is 6.09 Å². The van der Waals surface area contributed by atoms with E-state index in [0.29, 0.717) is 18.4 Å². The first-order valence-corrected chi connectivity index (χ1v) is 9.55. The minimum absolute atomic E-state index is 0.114. The van der Waals surface area contributed by atoms with Crippen molar-refractivity contribution in [3.8, 4) is 5.75 Å². The van der Waals surface area contributed by atoms with E-state index in [-0.39, 0.29) is 30.5 Å². The van der Waals surface area contributed by atoms with Crippen LogP contribution < -0.4 is 4.74 Å². The Hall–Kier alpha value is -2.60. The van der Waals surface area contributed by atoms with E-state index in [1.807, 2.05) is 30.3 Å². The summed E-state index contributed by atoms with van der Waals surface area (Å²) in [5.41, 5.74) is 0.306. The molecule has 148 valence electrons. The van der Waals surface area contributed by atoms with E-state index in [1.165, 1.54) is 19.2 Å².